The lowest BCUT2D eigenvalue weighted by Gasteiger charge is -2.23. The zero-order valence-corrected chi connectivity index (χ0v) is 12.1. The first-order chi connectivity index (χ1) is 9.33. The SMILES string of the molecule is Brc1ccc(CN2CCCOc3ccccc32)nc1. The fourth-order valence-electron chi connectivity index (χ4n) is 2.26. The van der Waals surface area contributed by atoms with Crippen molar-refractivity contribution in [1.82, 2.24) is 4.98 Å². The molecule has 0 aliphatic carbocycles. The Balaban J connectivity index is 1.86. The summed E-state index contributed by atoms with van der Waals surface area (Å²) in [6.45, 7) is 2.59. The van der Waals surface area contributed by atoms with Crippen molar-refractivity contribution in [3.05, 3.63) is 52.8 Å². The summed E-state index contributed by atoms with van der Waals surface area (Å²) in [4.78, 5) is 6.78. The normalized spacial score (nSPS) is 14.5. The Bertz CT molecular complexity index is 556. The molecule has 0 saturated carbocycles. The molecule has 1 aromatic carbocycles. The second-order valence-electron chi connectivity index (χ2n) is 4.56. The number of rotatable bonds is 2. The molecule has 3 nitrogen and oxygen atoms in total. The van der Waals surface area contributed by atoms with Crippen LogP contribution in [-0.2, 0) is 6.54 Å². The van der Waals surface area contributed by atoms with Gasteiger partial charge in [0.1, 0.15) is 5.75 Å². The Morgan fingerprint density at radius 1 is 1.21 bits per heavy atom. The molecule has 0 unspecified atom stereocenters. The van der Waals surface area contributed by atoms with Gasteiger partial charge in [0.05, 0.1) is 24.5 Å². The number of aromatic nitrogens is 1. The van der Waals surface area contributed by atoms with E-state index in [4.69, 9.17) is 4.74 Å². The van der Waals surface area contributed by atoms with Crippen LogP contribution in [0.15, 0.2) is 47.1 Å². The molecule has 1 aromatic heterocycles. The molecule has 0 spiro atoms. The van der Waals surface area contributed by atoms with Gasteiger partial charge in [0.25, 0.3) is 0 Å². The van der Waals surface area contributed by atoms with Gasteiger partial charge in [0, 0.05) is 17.2 Å². The molecule has 0 N–H and O–H groups in total. The van der Waals surface area contributed by atoms with Gasteiger partial charge in [-0.15, -0.1) is 0 Å². The highest BCUT2D eigenvalue weighted by Crippen LogP contribution is 2.31. The molecule has 3 rings (SSSR count). The zero-order chi connectivity index (χ0) is 13.1. The van der Waals surface area contributed by atoms with Crippen LogP contribution in [0.1, 0.15) is 12.1 Å². The van der Waals surface area contributed by atoms with Crippen molar-refractivity contribution < 1.29 is 4.74 Å². The number of benzene rings is 1. The number of hydrogen-bond acceptors (Lipinski definition) is 3. The molecular weight excluding hydrogens is 304 g/mol. The number of para-hydroxylation sites is 2. The molecule has 2 aromatic rings. The molecule has 0 amide bonds. The Hall–Kier alpha value is -1.55. The third-order valence-corrected chi connectivity index (χ3v) is 3.65. The number of nitrogens with zero attached hydrogens (tertiary/aromatic N) is 2. The molecule has 4 heteroatoms. The highest BCUT2D eigenvalue weighted by atomic mass is 79.9. The van der Waals surface area contributed by atoms with E-state index >= 15 is 0 Å². The first-order valence-electron chi connectivity index (χ1n) is 6.40. The highest BCUT2D eigenvalue weighted by molar-refractivity contribution is 9.10. The summed E-state index contributed by atoms with van der Waals surface area (Å²) in [6.07, 6.45) is 2.88. The molecule has 0 fully saturated rings. The Morgan fingerprint density at radius 3 is 2.95 bits per heavy atom. The van der Waals surface area contributed by atoms with Crippen LogP contribution in [-0.4, -0.2) is 18.1 Å². The molecule has 0 atom stereocenters. The van der Waals surface area contributed by atoms with Gasteiger partial charge in [0.2, 0.25) is 0 Å². The summed E-state index contributed by atoms with van der Waals surface area (Å²) in [7, 11) is 0. The van der Waals surface area contributed by atoms with Crippen molar-refractivity contribution in [2.24, 2.45) is 0 Å². The van der Waals surface area contributed by atoms with Crippen molar-refractivity contribution in [3.63, 3.8) is 0 Å². The predicted octanol–water partition coefficient (Wildman–Crippen LogP) is 3.63. The summed E-state index contributed by atoms with van der Waals surface area (Å²) in [6, 6.07) is 12.3. The Morgan fingerprint density at radius 2 is 2.11 bits per heavy atom. The van der Waals surface area contributed by atoms with Crippen LogP contribution < -0.4 is 9.64 Å². The maximum Gasteiger partial charge on any atom is 0.142 e. The lowest BCUT2D eigenvalue weighted by atomic mass is 10.2. The van der Waals surface area contributed by atoms with Gasteiger partial charge < -0.3 is 9.64 Å². The number of pyridine rings is 1. The highest BCUT2D eigenvalue weighted by Gasteiger charge is 2.16. The third kappa shape index (κ3) is 2.89. The fraction of sp³-hybridized carbons (Fsp3) is 0.267. The molecule has 0 saturated heterocycles. The standard InChI is InChI=1S/C15H15BrN2O/c16-12-6-7-13(17-10-12)11-18-8-3-9-19-15-5-2-1-4-14(15)18/h1-2,4-7,10H,3,8-9,11H2. The van der Waals surface area contributed by atoms with Gasteiger partial charge >= 0.3 is 0 Å². The number of hydrogen-bond donors (Lipinski definition) is 0. The molecule has 0 bridgehead atoms. The van der Waals surface area contributed by atoms with Gasteiger partial charge in [-0.1, -0.05) is 12.1 Å². The number of anilines is 1. The summed E-state index contributed by atoms with van der Waals surface area (Å²) in [5, 5.41) is 0. The topological polar surface area (TPSA) is 25.4 Å². The van der Waals surface area contributed by atoms with E-state index in [2.05, 4.69) is 44.0 Å². The molecule has 1 aliphatic heterocycles. The van der Waals surface area contributed by atoms with Crippen LogP contribution >= 0.6 is 15.9 Å². The smallest absolute Gasteiger partial charge is 0.142 e. The quantitative estimate of drug-likeness (QED) is 0.845. The van der Waals surface area contributed by atoms with Gasteiger partial charge in [-0.2, -0.15) is 0 Å². The largest absolute Gasteiger partial charge is 0.491 e. The van der Waals surface area contributed by atoms with Crippen LogP contribution in [0.4, 0.5) is 5.69 Å². The van der Waals surface area contributed by atoms with E-state index in [0.717, 1.165) is 47.7 Å². The van der Waals surface area contributed by atoms with E-state index in [-0.39, 0.29) is 0 Å². The van der Waals surface area contributed by atoms with E-state index in [9.17, 15) is 0 Å². The van der Waals surface area contributed by atoms with Crippen LogP contribution in [0, 0.1) is 0 Å². The fourth-order valence-corrected chi connectivity index (χ4v) is 2.49. The van der Waals surface area contributed by atoms with E-state index in [1.54, 1.807) is 0 Å². The lowest BCUT2D eigenvalue weighted by Crippen LogP contribution is -2.23. The predicted molar refractivity (Wildman–Crippen MR) is 79.5 cm³/mol. The first-order valence-corrected chi connectivity index (χ1v) is 7.19. The zero-order valence-electron chi connectivity index (χ0n) is 10.6. The minimum Gasteiger partial charge on any atom is -0.491 e. The van der Waals surface area contributed by atoms with Gasteiger partial charge in [-0.25, -0.2) is 0 Å². The molecule has 0 radical (unpaired) electrons. The van der Waals surface area contributed by atoms with Crippen LogP contribution in [0.2, 0.25) is 0 Å². The first kappa shape index (κ1) is 12.5. The van der Waals surface area contributed by atoms with E-state index in [1.807, 2.05) is 24.4 Å². The van der Waals surface area contributed by atoms with Crippen LogP contribution in [0.3, 0.4) is 0 Å². The van der Waals surface area contributed by atoms with Crippen molar-refractivity contribution >= 4 is 21.6 Å². The summed E-state index contributed by atoms with van der Waals surface area (Å²) >= 11 is 3.41. The van der Waals surface area contributed by atoms with Crippen molar-refractivity contribution in [1.29, 1.82) is 0 Å². The molecule has 98 valence electrons. The van der Waals surface area contributed by atoms with Gasteiger partial charge in [0.15, 0.2) is 0 Å². The third-order valence-electron chi connectivity index (χ3n) is 3.18. The summed E-state index contributed by atoms with van der Waals surface area (Å²) < 4.78 is 6.78. The van der Waals surface area contributed by atoms with Crippen molar-refractivity contribution in [2.45, 2.75) is 13.0 Å². The lowest BCUT2D eigenvalue weighted by molar-refractivity contribution is 0.322. The van der Waals surface area contributed by atoms with E-state index < -0.39 is 0 Å². The Labute approximate surface area is 121 Å². The average Bonchev–Trinajstić information content (AvgIpc) is 2.64. The summed E-state index contributed by atoms with van der Waals surface area (Å²) in [5.74, 6) is 0.970. The second kappa shape index (κ2) is 5.61. The van der Waals surface area contributed by atoms with E-state index in [0.29, 0.717) is 0 Å². The van der Waals surface area contributed by atoms with Gasteiger partial charge in [-0.05, 0) is 46.6 Å². The minimum absolute atomic E-state index is 0.779. The molecule has 19 heavy (non-hydrogen) atoms. The maximum absolute atomic E-state index is 5.77. The van der Waals surface area contributed by atoms with Crippen molar-refractivity contribution in [2.75, 3.05) is 18.1 Å². The van der Waals surface area contributed by atoms with E-state index in [1.165, 1.54) is 0 Å². The average molecular weight is 319 g/mol. The van der Waals surface area contributed by atoms with Crippen LogP contribution in [0.25, 0.3) is 0 Å². The molecular formula is C15H15BrN2O. The second-order valence-corrected chi connectivity index (χ2v) is 5.47. The maximum atomic E-state index is 5.77. The number of halogens is 1. The molecule has 2 heterocycles. The van der Waals surface area contributed by atoms with Crippen molar-refractivity contribution in [3.8, 4) is 5.75 Å². The minimum atomic E-state index is 0.779. The monoisotopic (exact) mass is 318 g/mol. The molecule has 1 aliphatic rings. The van der Waals surface area contributed by atoms with Crippen LogP contribution in [0.5, 0.6) is 5.75 Å². The number of ether oxygens (including phenoxy) is 1. The Kier molecular flexibility index (Phi) is 3.69. The summed E-state index contributed by atoms with van der Waals surface area (Å²) in [5.41, 5.74) is 2.23. The number of fused-ring (bicyclic) bond motifs is 1. The van der Waals surface area contributed by atoms with Gasteiger partial charge in [-0.3, -0.25) is 4.98 Å².